The number of ketones is 1. The van der Waals surface area contributed by atoms with Gasteiger partial charge in [-0.05, 0) is 6.08 Å². The smallest absolute Gasteiger partial charge is 0.155 e. The third kappa shape index (κ3) is 4.06. The van der Waals surface area contributed by atoms with Crippen molar-refractivity contribution < 1.29 is 4.79 Å². The van der Waals surface area contributed by atoms with Crippen molar-refractivity contribution >= 4 is 21.7 Å². The van der Waals surface area contributed by atoms with Crippen LogP contribution in [0.1, 0.15) is 13.3 Å². The summed E-state index contributed by atoms with van der Waals surface area (Å²) in [5.74, 6) is 0.185. The summed E-state index contributed by atoms with van der Waals surface area (Å²) in [6.45, 7) is 1.85. The first-order valence-corrected chi connectivity index (χ1v) is 3.68. The lowest BCUT2D eigenvalue weighted by Gasteiger charge is -1.80. The number of hydrogen-bond donors (Lipinski definition) is 0. The fourth-order valence-corrected chi connectivity index (χ4v) is 0.481. The lowest BCUT2D eigenvalue weighted by atomic mass is 10.3. The maximum atomic E-state index is 10.5. The van der Waals surface area contributed by atoms with Crippen molar-refractivity contribution in [3.8, 4) is 0 Å². The van der Waals surface area contributed by atoms with Crippen LogP contribution in [0.25, 0.3) is 0 Å². The third-order valence-corrected chi connectivity index (χ3v) is 1.12. The van der Waals surface area contributed by atoms with Gasteiger partial charge in [0.2, 0.25) is 0 Å². The van der Waals surface area contributed by atoms with E-state index in [0.29, 0.717) is 6.42 Å². The molecule has 8 heavy (non-hydrogen) atoms. The fraction of sp³-hybridized carbons (Fsp3) is 0.500. The second-order valence-corrected chi connectivity index (χ2v) is 2.02. The van der Waals surface area contributed by atoms with Gasteiger partial charge in [0.1, 0.15) is 0 Å². The molecule has 0 bridgehead atoms. The van der Waals surface area contributed by atoms with Crippen molar-refractivity contribution in [3.05, 3.63) is 12.2 Å². The van der Waals surface area contributed by atoms with Gasteiger partial charge in [-0.1, -0.05) is 28.9 Å². The van der Waals surface area contributed by atoms with Crippen molar-refractivity contribution in [2.75, 3.05) is 5.33 Å². The lowest BCUT2D eigenvalue weighted by molar-refractivity contribution is -0.114. The fourth-order valence-electron chi connectivity index (χ4n) is 0.294. The highest BCUT2D eigenvalue weighted by Gasteiger charge is 1.85. The minimum absolute atomic E-state index is 0.185. The highest BCUT2D eigenvalue weighted by Crippen LogP contribution is 1.85. The topological polar surface area (TPSA) is 17.1 Å². The van der Waals surface area contributed by atoms with Gasteiger partial charge in [0, 0.05) is 11.8 Å². The summed E-state index contributed by atoms with van der Waals surface area (Å²) < 4.78 is 0. The van der Waals surface area contributed by atoms with E-state index >= 15 is 0 Å². The summed E-state index contributed by atoms with van der Waals surface area (Å²) in [7, 11) is 0. The standard InChI is InChI=1S/C6H9BrO/c1-2-6(8)4-3-5-7/h3-4H,2,5H2,1H3. The van der Waals surface area contributed by atoms with Crippen LogP contribution in [0.2, 0.25) is 0 Å². The molecule has 0 saturated heterocycles. The zero-order valence-corrected chi connectivity index (χ0v) is 6.44. The minimum Gasteiger partial charge on any atom is -0.295 e. The average molecular weight is 177 g/mol. The average Bonchev–Trinajstić information content (AvgIpc) is 1.83. The van der Waals surface area contributed by atoms with Gasteiger partial charge in [0.05, 0.1) is 0 Å². The molecule has 0 aromatic carbocycles. The van der Waals surface area contributed by atoms with Gasteiger partial charge < -0.3 is 0 Å². The van der Waals surface area contributed by atoms with E-state index in [0.717, 1.165) is 5.33 Å². The molecular formula is C6H9BrO. The van der Waals surface area contributed by atoms with E-state index in [2.05, 4.69) is 15.9 Å². The number of carbonyl (C=O) groups excluding carboxylic acids is 1. The first-order valence-electron chi connectivity index (χ1n) is 2.56. The molecule has 0 spiro atoms. The van der Waals surface area contributed by atoms with Crippen molar-refractivity contribution in [3.63, 3.8) is 0 Å². The summed E-state index contributed by atoms with van der Waals surface area (Å²) in [5, 5.41) is 0.763. The molecule has 0 aliphatic carbocycles. The highest BCUT2D eigenvalue weighted by atomic mass is 79.9. The highest BCUT2D eigenvalue weighted by molar-refractivity contribution is 9.09. The number of rotatable bonds is 3. The molecule has 0 radical (unpaired) electrons. The number of allylic oxidation sites excluding steroid dienone is 2. The zero-order chi connectivity index (χ0) is 6.41. The number of halogens is 1. The first-order chi connectivity index (χ1) is 3.81. The second-order valence-electron chi connectivity index (χ2n) is 1.38. The SMILES string of the molecule is CCC(=O)C=CCBr. The van der Waals surface area contributed by atoms with Crippen molar-refractivity contribution in [2.45, 2.75) is 13.3 Å². The molecule has 0 heterocycles. The summed E-state index contributed by atoms with van der Waals surface area (Å²) in [5.41, 5.74) is 0. The van der Waals surface area contributed by atoms with Gasteiger partial charge in [-0.25, -0.2) is 0 Å². The van der Waals surface area contributed by atoms with Crippen LogP contribution in [-0.2, 0) is 4.79 Å². The van der Waals surface area contributed by atoms with Crippen LogP contribution >= 0.6 is 15.9 Å². The van der Waals surface area contributed by atoms with Crippen LogP contribution in [0.4, 0.5) is 0 Å². The summed E-state index contributed by atoms with van der Waals surface area (Å²) >= 11 is 3.17. The van der Waals surface area contributed by atoms with Gasteiger partial charge in [-0.3, -0.25) is 4.79 Å². The molecule has 0 fully saturated rings. The molecule has 0 N–H and O–H groups in total. The minimum atomic E-state index is 0.185. The van der Waals surface area contributed by atoms with E-state index in [1.165, 1.54) is 0 Å². The zero-order valence-electron chi connectivity index (χ0n) is 4.86. The van der Waals surface area contributed by atoms with Gasteiger partial charge in [0.15, 0.2) is 5.78 Å². The van der Waals surface area contributed by atoms with Crippen molar-refractivity contribution in [2.24, 2.45) is 0 Å². The van der Waals surface area contributed by atoms with E-state index in [4.69, 9.17) is 0 Å². The van der Waals surface area contributed by atoms with Gasteiger partial charge in [-0.2, -0.15) is 0 Å². The van der Waals surface area contributed by atoms with Crippen molar-refractivity contribution in [1.82, 2.24) is 0 Å². The van der Waals surface area contributed by atoms with E-state index in [1.54, 1.807) is 12.2 Å². The maximum absolute atomic E-state index is 10.5. The summed E-state index contributed by atoms with van der Waals surface area (Å²) in [6.07, 6.45) is 3.99. The predicted octanol–water partition coefficient (Wildman–Crippen LogP) is 1.92. The van der Waals surface area contributed by atoms with Gasteiger partial charge >= 0.3 is 0 Å². The van der Waals surface area contributed by atoms with E-state index in [1.807, 2.05) is 6.92 Å². The quantitative estimate of drug-likeness (QED) is 0.475. The van der Waals surface area contributed by atoms with Gasteiger partial charge in [-0.15, -0.1) is 0 Å². The summed E-state index contributed by atoms with van der Waals surface area (Å²) in [4.78, 5) is 10.5. The molecular weight excluding hydrogens is 168 g/mol. The molecule has 0 aromatic heterocycles. The molecule has 1 nitrogen and oxygen atoms in total. The predicted molar refractivity (Wildman–Crippen MR) is 38.2 cm³/mol. The summed E-state index contributed by atoms with van der Waals surface area (Å²) in [6, 6.07) is 0. The Morgan fingerprint density at radius 2 is 2.38 bits per heavy atom. The lowest BCUT2D eigenvalue weighted by Crippen LogP contribution is -1.86. The Morgan fingerprint density at radius 3 is 2.75 bits per heavy atom. The Hall–Kier alpha value is -0.110. The number of hydrogen-bond acceptors (Lipinski definition) is 1. The Kier molecular flexibility index (Phi) is 4.97. The molecule has 0 rings (SSSR count). The molecule has 46 valence electrons. The number of carbonyl (C=O) groups is 1. The molecule has 0 amide bonds. The van der Waals surface area contributed by atoms with Crippen LogP contribution in [0.3, 0.4) is 0 Å². The number of alkyl halides is 1. The van der Waals surface area contributed by atoms with Crippen LogP contribution in [0.5, 0.6) is 0 Å². The molecule has 0 unspecified atom stereocenters. The van der Waals surface area contributed by atoms with Crippen LogP contribution in [-0.4, -0.2) is 11.1 Å². The molecule has 0 saturated carbocycles. The monoisotopic (exact) mass is 176 g/mol. The largest absolute Gasteiger partial charge is 0.295 e. The first kappa shape index (κ1) is 7.89. The Labute approximate surface area is 57.9 Å². The molecule has 2 heteroatoms. The van der Waals surface area contributed by atoms with E-state index in [9.17, 15) is 4.79 Å². The molecule has 0 atom stereocenters. The van der Waals surface area contributed by atoms with Gasteiger partial charge in [0.25, 0.3) is 0 Å². The third-order valence-electron chi connectivity index (χ3n) is 0.741. The Bertz CT molecular complexity index is 96.7. The van der Waals surface area contributed by atoms with Crippen LogP contribution in [0.15, 0.2) is 12.2 Å². The van der Waals surface area contributed by atoms with Crippen LogP contribution < -0.4 is 0 Å². The van der Waals surface area contributed by atoms with E-state index < -0.39 is 0 Å². The van der Waals surface area contributed by atoms with E-state index in [-0.39, 0.29) is 5.78 Å². The second kappa shape index (κ2) is 5.04. The maximum Gasteiger partial charge on any atom is 0.155 e. The molecule has 0 aliphatic heterocycles. The molecule has 0 aliphatic rings. The Balaban J connectivity index is 3.37. The van der Waals surface area contributed by atoms with Crippen LogP contribution in [0, 0.1) is 0 Å². The Morgan fingerprint density at radius 1 is 1.75 bits per heavy atom. The normalized spacial score (nSPS) is 10.2. The molecule has 0 aromatic rings. The van der Waals surface area contributed by atoms with Crippen molar-refractivity contribution in [1.29, 1.82) is 0 Å².